The van der Waals surface area contributed by atoms with Gasteiger partial charge in [-0.05, 0) is 31.2 Å². The topological polar surface area (TPSA) is 61.7 Å². The second-order valence-electron chi connectivity index (χ2n) is 6.94. The number of ether oxygens (including phenoxy) is 1. The molecule has 0 saturated carbocycles. The van der Waals surface area contributed by atoms with Crippen molar-refractivity contribution < 1.29 is 9.84 Å². The van der Waals surface area contributed by atoms with E-state index in [1.54, 1.807) is 13.4 Å². The summed E-state index contributed by atoms with van der Waals surface area (Å²) < 4.78 is 5.37. The van der Waals surface area contributed by atoms with Crippen LogP contribution in [-0.2, 0) is 13.0 Å². The van der Waals surface area contributed by atoms with Crippen molar-refractivity contribution in [3.05, 3.63) is 47.4 Å². The Bertz CT molecular complexity index is 767. The van der Waals surface area contributed by atoms with Crippen molar-refractivity contribution in [2.24, 2.45) is 0 Å². The van der Waals surface area contributed by atoms with Crippen LogP contribution in [0.25, 0.3) is 0 Å². The average Bonchev–Trinajstić information content (AvgIpc) is 3.03. The normalized spacial score (nSPS) is 23.6. The first kappa shape index (κ1) is 16.3. The molecule has 6 heteroatoms. The molecule has 1 aromatic carbocycles. The predicted octanol–water partition coefficient (Wildman–Crippen LogP) is 1.79. The summed E-state index contributed by atoms with van der Waals surface area (Å²) in [6, 6.07) is 8.19. The SMILES string of the molecule is COc1cccc(C2CC(O)CN2c2ncnc3c2CN(C)CC3)c1. The van der Waals surface area contributed by atoms with E-state index >= 15 is 0 Å². The first-order chi connectivity index (χ1) is 12.2. The van der Waals surface area contributed by atoms with Gasteiger partial charge in [-0.1, -0.05) is 12.1 Å². The average molecular weight is 340 g/mol. The Hall–Kier alpha value is -2.18. The Labute approximate surface area is 148 Å². The summed E-state index contributed by atoms with van der Waals surface area (Å²) in [6.45, 7) is 2.46. The number of likely N-dealkylation sites (N-methyl/N-ethyl adjacent to an activating group) is 1. The summed E-state index contributed by atoms with van der Waals surface area (Å²) >= 11 is 0. The van der Waals surface area contributed by atoms with Gasteiger partial charge in [0.05, 0.1) is 24.9 Å². The van der Waals surface area contributed by atoms with Crippen LogP contribution < -0.4 is 9.64 Å². The van der Waals surface area contributed by atoms with Gasteiger partial charge in [0.1, 0.15) is 17.9 Å². The van der Waals surface area contributed by atoms with Gasteiger partial charge in [0, 0.05) is 31.6 Å². The van der Waals surface area contributed by atoms with Crippen LogP contribution in [0.4, 0.5) is 5.82 Å². The van der Waals surface area contributed by atoms with E-state index < -0.39 is 0 Å². The number of hydrogen-bond donors (Lipinski definition) is 1. The van der Waals surface area contributed by atoms with E-state index in [2.05, 4.69) is 38.9 Å². The third-order valence-corrected chi connectivity index (χ3v) is 5.20. The van der Waals surface area contributed by atoms with Gasteiger partial charge in [0.15, 0.2) is 0 Å². The molecule has 4 rings (SSSR count). The molecule has 1 aromatic heterocycles. The lowest BCUT2D eigenvalue weighted by molar-refractivity contribution is 0.194. The van der Waals surface area contributed by atoms with Gasteiger partial charge in [-0.2, -0.15) is 0 Å². The largest absolute Gasteiger partial charge is 0.497 e. The summed E-state index contributed by atoms with van der Waals surface area (Å²) in [6.07, 6.45) is 2.94. The second kappa shape index (κ2) is 6.61. The first-order valence-electron chi connectivity index (χ1n) is 8.75. The summed E-state index contributed by atoms with van der Waals surface area (Å²) in [5, 5.41) is 10.3. The maximum absolute atomic E-state index is 10.3. The van der Waals surface area contributed by atoms with Gasteiger partial charge in [-0.25, -0.2) is 9.97 Å². The molecule has 2 aliphatic rings. The number of benzene rings is 1. The maximum atomic E-state index is 10.3. The zero-order valence-electron chi connectivity index (χ0n) is 14.7. The van der Waals surface area contributed by atoms with E-state index in [0.717, 1.165) is 42.3 Å². The Balaban J connectivity index is 1.73. The molecular weight excluding hydrogens is 316 g/mol. The van der Waals surface area contributed by atoms with E-state index in [4.69, 9.17) is 4.74 Å². The van der Waals surface area contributed by atoms with Gasteiger partial charge in [0.25, 0.3) is 0 Å². The molecule has 0 spiro atoms. The van der Waals surface area contributed by atoms with Crippen LogP contribution >= 0.6 is 0 Å². The molecule has 2 atom stereocenters. The van der Waals surface area contributed by atoms with Gasteiger partial charge >= 0.3 is 0 Å². The molecule has 0 radical (unpaired) electrons. The van der Waals surface area contributed by atoms with Gasteiger partial charge in [-0.3, -0.25) is 0 Å². The van der Waals surface area contributed by atoms with Crippen molar-refractivity contribution in [2.75, 3.05) is 32.1 Å². The number of anilines is 1. The van der Waals surface area contributed by atoms with Gasteiger partial charge < -0.3 is 19.6 Å². The van der Waals surface area contributed by atoms with E-state index in [1.165, 1.54) is 5.56 Å². The summed E-state index contributed by atoms with van der Waals surface area (Å²) in [7, 11) is 3.80. The molecule has 2 aliphatic heterocycles. The first-order valence-corrected chi connectivity index (χ1v) is 8.75. The molecular formula is C19H24N4O2. The van der Waals surface area contributed by atoms with Crippen molar-refractivity contribution in [1.29, 1.82) is 0 Å². The van der Waals surface area contributed by atoms with Crippen LogP contribution in [0.15, 0.2) is 30.6 Å². The number of nitrogens with zero attached hydrogens (tertiary/aromatic N) is 4. The highest BCUT2D eigenvalue weighted by atomic mass is 16.5. The van der Waals surface area contributed by atoms with Crippen LogP contribution in [0, 0.1) is 0 Å². The van der Waals surface area contributed by atoms with Crippen molar-refractivity contribution in [3.63, 3.8) is 0 Å². The second-order valence-corrected chi connectivity index (χ2v) is 6.94. The van der Waals surface area contributed by atoms with Crippen LogP contribution in [0.5, 0.6) is 5.75 Å². The predicted molar refractivity (Wildman–Crippen MR) is 95.8 cm³/mol. The Morgan fingerprint density at radius 2 is 2.16 bits per heavy atom. The number of methoxy groups -OCH3 is 1. The third kappa shape index (κ3) is 3.07. The smallest absolute Gasteiger partial charge is 0.137 e. The Morgan fingerprint density at radius 3 is 3.00 bits per heavy atom. The minimum Gasteiger partial charge on any atom is -0.497 e. The van der Waals surface area contributed by atoms with E-state index in [1.807, 2.05) is 12.1 Å². The molecule has 0 bridgehead atoms. The minimum atomic E-state index is -0.358. The molecule has 3 heterocycles. The van der Waals surface area contributed by atoms with E-state index in [-0.39, 0.29) is 12.1 Å². The summed E-state index contributed by atoms with van der Waals surface area (Å²) in [5.74, 6) is 1.80. The molecule has 132 valence electrons. The molecule has 25 heavy (non-hydrogen) atoms. The number of β-amino-alcohol motifs (C(OH)–C–C–N with tert-alkyl or cyclic N) is 1. The maximum Gasteiger partial charge on any atom is 0.137 e. The van der Waals surface area contributed by atoms with E-state index in [9.17, 15) is 5.11 Å². The zero-order valence-corrected chi connectivity index (χ0v) is 14.7. The quantitative estimate of drug-likeness (QED) is 0.919. The van der Waals surface area contributed by atoms with Crippen LogP contribution in [-0.4, -0.2) is 53.3 Å². The van der Waals surface area contributed by atoms with Crippen LogP contribution in [0.2, 0.25) is 0 Å². The Kier molecular flexibility index (Phi) is 4.31. The molecule has 2 aromatic rings. The van der Waals surface area contributed by atoms with Crippen molar-refractivity contribution in [1.82, 2.24) is 14.9 Å². The minimum absolute atomic E-state index is 0.0938. The molecule has 1 fully saturated rings. The molecule has 0 amide bonds. The highest BCUT2D eigenvalue weighted by Crippen LogP contribution is 2.39. The van der Waals surface area contributed by atoms with Crippen molar-refractivity contribution in [2.45, 2.75) is 31.5 Å². The highest BCUT2D eigenvalue weighted by Gasteiger charge is 2.35. The fourth-order valence-corrected chi connectivity index (χ4v) is 3.92. The molecule has 1 saturated heterocycles. The number of rotatable bonds is 3. The summed E-state index contributed by atoms with van der Waals surface area (Å²) in [5.41, 5.74) is 3.47. The summed E-state index contributed by atoms with van der Waals surface area (Å²) in [4.78, 5) is 13.6. The lowest BCUT2D eigenvalue weighted by Crippen LogP contribution is -2.32. The number of hydrogen-bond acceptors (Lipinski definition) is 6. The number of fused-ring (bicyclic) bond motifs is 1. The Morgan fingerprint density at radius 1 is 1.28 bits per heavy atom. The van der Waals surface area contributed by atoms with Crippen molar-refractivity contribution >= 4 is 5.82 Å². The fourth-order valence-electron chi connectivity index (χ4n) is 3.92. The van der Waals surface area contributed by atoms with Crippen molar-refractivity contribution in [3.8, 4) is 5.75 Å². The monoisotopic (exact) mass is 340 g/mol. The molecule has 0 aliphatic carbocycles. The lowest BCUT2D eigenvalue weighted by Gasteiger charge is -2.32. The fraction of sp³-hybridized carbons (Fsp3) is 0.474. The third-order valence-electron chi connectivity index (χ3n) is 5.20. The zero-order chi connectivity index (χ0) is 17.4. The molecule has 6 nitrogen and oxygen atoms in total. The van der Waals surface area contributed by atoms with Crippen LogP contribution in [0.1, 0.15) is 29.3 Å². The molecule has 1 N–H and O–H groups in total. The number of aliphatic hydroxyl groups excluding tert-OH is 1. The highest BCUT2D eigenvalue weighted by molar-refractivity contribution is 5.53. The standard InChI is InChI=1S/C19H24N4O2/c1-22-7-6-17-16(11-22)19(21-12-20-17)23-10-14(24)9-18(23)13-4-3-5-15(8-13)25-2/h3-5,8,12,14,18,24H,6-7,9-11H2,1-2H3. The van der Waals surface area contributed by atoms with Gasteiger partial charge in [0.2, 0.25) is 0 Å². The van der Waals surface area contributed by atoms with Gasteiger partial charge in [-0.15, -0.1) is 0 Å². The number of aromatic nitrogens is 2. The van der Waals surface area contributed by atoms with E-state index in [0.29, 0.717) is 13.0 Å². The van der Waals surface area contributed by atoms with Crippen LogP contribution in [0.3, 0.4) is 0 Å². The molecule has 2 unspecified atom stereocenters. The lowest BCUT2D eigenvalue weighted by atomic mass is 10.0. The number of aliphatic hydroxyl groups is 1.